The van der Waals surface area contributed by atoms with E-state index in [4.69, 9.17) is 9.84 Å². The van der Waals surface area contributed by atoms with Crippen LogP contribution in [0.15, 0.2) is 48.7 Å². The minimum absolute atomic E-state index is 0.00892. The van der Waals surface area contributed by atoms with Crippen LogP contribution < -0.4 is 4.74 Å². The number of aromatic nitrogens is 2. The summed E-state index contributed by atoms with van der Waals surface area (Å²) in [5.74, 6) is -0.00198. The third-order valence-electron chi connectivity index (χ3n) is 5.67. The molecule has 0 bridgehead atoms. The van der Waals surface area contributed by atoms with E-state index in [9.17, 15) is 4.79 Å². The fourth-order valence-corrected chi connectivity index (χ4v) is 4.07. The molecule has 5 heteroatoms. The molecule has 3 aromatic rings. The first-order chi connectivity index (χ1) is 13.6. The molecule has 28 heavy (non-hydrogen) atoms. The van der Waals surface area contributed by atoms with Crippen molar-refractivity contribution in [1.82, 2.24) is 9.78 Å². The highest BCUT2D eigenvalue weighted by molar-refractivity contribution is 5.79. The molecule has 0 amide bonds. The predicted octanol–water partition coefficient (Wildman–Crippen LogP) is 5.31. The van der Waals surface area contributed by atoms with Crippen molar-refractivity contribution in [2.24, 2.45) is 0 Å². The Morgan fingerprint density at radius 2 is 1.96 bits per heavy atom. The fourth-order valence-electron chi connectivity index (χ4n) is 4.07. The highest BCUT2D eigenvalue weighted by atomic mass is 16.5. The number of fused-ring (bicyclic) bond motifs is 1. The molecule has 1 N–H and O–H groups in total. The van der Waals surface area contributed by atoms with Gasteiger partial charge in [0.1, 0.15) is 12.4 Å². The lowest BCUT2D eigenvalue weighted by Gasteiger charge is -2.12. The lowest BCUT2D eigenvalue weighted by atomic mass is 9.98. The molecule has 5 nitrogen and oxygen atoms in total. The molecule has 2 aromatic carbocycles. The van der Waals surface area contributed by atoms with Gasteiger partial charge in [-0.3, -0.25) is 9.48 Å². The van der Waals surface area contributed by atoms with Crippen molar-refractivity contribution in [3.05, 3.63) is 59.8 Å². The minimum Gasteiger partial charge on any atom is -0.489 e. The Balaban J connectivity index is 1.40. The van der Waals surface area contributed by atoms with E-state index in [1.54, 1.807) is 0 Å². The van der Waals surface area contributed by atoms with Crippen LogP contribution in [0, 0.1) is 0 Å². The van der Waals surface area contributed by atoms with E-state index in [0.717, 1.165) is 22.3 Å². The monoisotopic (exact) mass is 378 g/mol. The Bertz CT molecular complexity index is 956. The lowest BCUT2D eigenvalue weighted by Crippen LogP contribution is -2.05. The van der Waals surface area contributed by atoms with Gasteiger partial charge in [-0.15, -0.1) is 0 Å². The van der Waals surface area contributed by atoms with Gasteiger partial charge in [0, 0.05) is 5.39 Å². The molecule has 0 aliphatic heterocycles. The highest BCUT2D eigenvalue weighted by Gasteiger charge is 2.19. The first-order valence-corrected chi connectivity index (χ1v) is 10.0. The second kappa shape index (κ2) is 8.05. The van der Waals surface area contributed by atoms with Crippen LogP contribution >= 0.6 is 0 Å². The molecule has 1 heterocycles. The Morgan fingerprint density at radius 1 is 1.21 bits per heavy atom. The second-order valence-corrected chi connectivity index (χ2v) is 7.78. The van der Waals surface area contributed by atoms with Gasteiger partial charge in [-0.05, 0) is 54.2 Å². The molecule has 1 saturated carbocycles. The van der Waals surface area contributed by atoms with Gasteiger partial charge in [-0.25, -0.2) is 0 Å². The molecule has 1 fully saturated rings. The molecule has 0 saturated heterocycles. The third-order valence-corrected chi connectivity index (χ3v) is 5.67. The molecule has 1 unspecified atom stereocenters. The number of ether oxygens (including phenoxy) is 1. The van der Waals surface area contributed by atoms with Gasteiger partial charge < -0.3 is 9.84 Å². The van der Waals surface area contributed by atoms with Crippen molar-refractivity contribution in [3.63, 3.8) is 0 Å². The van der Waals surface area contributed by atoms with Crippen molar-refractivity contribution in [3.8, 4) is 5.75 Å². The zero-order valence-electron chi connectivity index (χ0n) is 16.2. The number of aliphatic carboxylic acids is 1. The second-order valence-electron chi connectivity index (χ2n) is 7.78. The molecular weight excluding hydrogens is 352 g/mol. The molecule has 1 aliphatic carbocycles. The summed E-state index contributed by atoms with van der Waals surface area (Å²) >= 11 is 0. The molecule has 1 aliphatic rings. The van der Waals surface area contributed by atoms with E-state index >= 15 is 0 Å². The van der Waals surface area contributed by atoms with Gasteiger partial charge >= 0.3 is 5.97 Å². The number of carboxylic acids is 1. The molecule has 0 spiro atoms. The zero-order valence-corrected chi connectivity index (χ0v) is 16.2. The normalized spacial score (nSPS) is 15.8. The SMILES string of the molecule is CC(CC(=O)O)c1ccc(OCc2ccc3c(cnn3C3CCCC3)c2)cc1. The van der Waals surface area contributed by atoms with Crippen LogP contribution in [0.3, 0.4) is 0 Å². The van der Waals surface area contributed by atoms with E-state index < -0.39 is 5.97 Å². The van der Waals surface area contributed by atoms with E-state index in [2.05, 4.69) is 28.0 Å². The van der Waals surface area contributed by atoms with E-state index in [1.165, 1.54) is 31.2 Å². The van der Waals surface area contributed by atoms with Crippen LogP contribution in [0.2, 0.25) is 0 Å². The smallest absolute Gasteiger partial charge is 0.303 e. The number of carbonyl (C=O) groups is 1. The van der Waals surface area contributed by atoms with Crippen molar-refractivity contribution in [1.29, 1.82) is 0 Å². The molecule has 146 valence electrons. The summed E-state index contributed by atoms with van der Waals surface area (Å²) < 4.78 is 8.10. The molecule has 1 atom stereocenters. The summed E-state index contributed by atoms with van der Waals surface area (Å²) in [5.41, 5.74) is 3.32. The predicted molar refractivity (Wildman–Crippen MR) is 109 cm³/mol. The first-order valence-electron chi connectivity index (χ1n) is 10.0. The molecule has 1 aromatic heterocycles. The Hall–Kier alpha value is -2.82. The largest absolute Gasteiger partial charge is 0.489 e. The van der Waals surface area contributed by atoms with Crippen molar-refractivity contribution < 1.29 is 14.6 Å². The van der Waals surface area contributed by atoms with Crippen molar-refractivity contribution >= 4 is 16.9 Å². The standard InChI is InChI=1S/C23H26N2O3/c1-16(12-23(26)27)18-7-9-21(10-8-18)28-15-17-6-11-22-19(13-17)14-24-25(22)20-4-2-3-5-20/h6-11,13-14,16,20H,2-5,12,15H2,1H3,(H,26,27). The summed E-state index contributed by atoms with van der Waals surface area (Å²) in [6, 6.07) is 14.7. The number of nitrogens with zero attached hydrogens (tertiary/aromatic N) is 2. The van der Waals surface area contributed by atoms with Crippen LogP contribution in [0.25, 0.3) is 10.9 Å². The van der Waals surface area contributed by atoms with Crippen molar-refractivity contribution in [2.45, 2.75) is 57.6 Å². The zero-order chi connectivity index (χ0) is 19.5. The van der Waals surface area contributed by atoms with Crippen LogP contribution in [0.5, 0.6) is 5.75 Å². The molecular formula is C23H26N2O3. The van der Waals surface area contributed by atoms with Crippen LogP contribution in [-0.2, 0) is 11.4 Å². The number of carboxylic acid groups (broad SMARTS) is 1. The highest BCUT2D eigenvalue weighted by Crippen LogP contribution is 2.32. The minimum atomic E-state index is -0.778. The van der Waals surface area contributed by atoms with Gasteiger partial charge in [-0.1, -0.05) is 38.0 Å². The van der Waals surface area contributed by atoms with Gasteiger partial charge in [0.05, 0.1) is 24.2 Å². The Labute approximate surface area is 164 Å². The van der Waals surface area contributed by atoms with Gasteiger partial charge in [0.25, 0.3) is 0 Å². The summed E-state index contributed by atoms with van der Waals surface area (Å²) in [6.45, 7) is 2.42. The lowest BCUT2D eigenvalue weighted by molar-refractivity contribution is -0.137. The summed E-state index contributed by atoms with van der Waals surface area (Å²) in [6.07, 6.45) is 7.13. The van der Waals surface area contributed by atoms with Gasteiger partial charge in [0.15, 0.2) is 0 Å². The Morgan fingerprint density at radius 3 is 2.68 bits per heavy atom. The average molecular weight is 378 g/mol. The van der Waals surface area contributed by atoms with Gasteiger partial charge in [0.2, 0.25) is 0 Å². The Kier molecular flexibility index (Phi) is 5.33. The van der Waals surface area contributed by atoms with Crippen LogP contribution in [-0.4, -0.2) is 20.9 Å². The topological polar surface area (TPSA) is 64.3 Å². The first kappa shape index (κ1) is 18.5. The number of benzene rings is 2. The summed E-state index contributed by atoms with van der Waals surface area (Å²) in [7, 11) is 0. The fraction of sp³-hybridized carbons (Fsp3) is 0.391. The van der Waals surface area contributed by atoms with Crippen LogP contribution in [0.4, 0.5) is 0 Å². The molecule has 4 rings (SSSR count). The summed E-state index contributed by atoms with van der Waals surface area (Å²) in [5, 5.41) is 14.7. The number of hydrogen-bond donors (Lipinski definition) is 1. The maximum Gasteiger partial charge on any atom is 0.303 e. The number of rotatable bonds is 7. The molecule has 0 radical (unpaired) electrons. The maximum atomic E-state index is 10.8. The van der Waals surface area contributed by atoms with Gasteiger partial charge in [-0.2, -0.15) is 5.10 Å². The van der Waals surface area contributed by atoms with Crippen molar-refractivity contribution in [2.75, 3.05) is 0 Å². The van der Waals surface area contributed by atoms with Crippen LogP contribution in [0.1, 0.15) is 62.1 Å². The number of hydrogen-bond acceptors (Lipinski definition) is 3. The summed E-state index contributed by atoms with van der Waals surface area (Å²) in [4.78, 5) is 10.8. The third kappa shape index (κ3) is 4.03. The average Bonchev–Trinajstić information content (AvgIpc) is 3.35. The van der Waals surface area contributed by atoms with E-state index in [-0.39, 0.29) is 12.3 Å². The van der Waals surface area contributed by atoms with E-state index in [0.29, 0.717) is 12.6 Å². The maximum absolute atomic E-state index is 10.8. The van der Waals surface area contributed by atoms with E-state index in [1.807, 2.05) is 37.4 Å². The quantitative estimate of drug-likeness (QED) is 0.605.